The molecular formula is C15H27N3. The van der Waals surface area contributed by atoms with Gasteiger partial charge in [-0.2, -0.15) is 0 Å². The summed E-state index contributed by atoms with van der Waals surface area (Å²) in [6.07, 6.45) is 0. The zero-order valence-electron chi connectivity index (χ0n) is 12.7. The molecule has 102 valence electrons. The Hall–Kier alpha value is -1.09. The van der Waals surface area contributed by atoms with Gasteiger partial charge in [0.2, 0.25) is 0 Å². The van der Waals surface area contributed by atoms with Crippen LogP contribution in [0.4, 0.5) is 5.82 Å². The molecule has 0 bridgehead atoms. The van der Waals surface area contributed by atoms with E-state index in [4.69, 9.17) is 4.98 Å². The number of hydrogen-bond donors (Lipinski definition) is 1. The first-order valence-electron chi connectivity index (χ1n) is 6.86. The van der Waals surface area contributed by atoms with E-state index in [0.717, 1.165) is 31.1 Å². The Kier molecular flexibility index (Phi) is 5.60. The Balaban J connectivity index is 3.17. The molecule has 0 fully saturated rings. The van der Waals surface area contributed by atoms with Gasteiger partial charge in [0.1, 0.15) is 5.82 Å². The van der Waals surface area contributed by atoms with Gasteiger partial charge in [-0.25, -0.2) is 4.98 Å². The van der Waals surface area contributed by atoms with Crippen LogP contribution in [0.3, 0.4) is 0 Å². The zero-order valence-corrected chi connectivity index (χ0v) is 12.7. The number of nitrogens with zero attached hydrogens (tertiary/aromatic N) is 2. The predicted octanol–water partition coefficient (Wildman–Crippen LogP) is 2.90. The smallest absolute Gasteiger partial charge is 0.133 e. The molecule has 3 nitrogen and oxygen atoms in total. The summed E-state index contributed by atoms with van der Waals surface area (Å²) in [5, 5.41) is 3.25. The van der Waals surface area contributed by atoms with Gasteiger partial charge >= 0.3 is 0 Å². The fourth-order valence-electron chi connectivity index (χ4n) is 2.31. The lowest BCUT2D eigenvalue weighted by molar-refractivity contribution is 0.610. The third-order valence-electron chi connectivity index (χ3n) is 3.07. The van der Waals surface area contributed by atoms with E-state index in [9.17, 15) is 0 Å². The molecule has 0 unspecified atom stereocenters. The number of pyridine rings is 1. The Morgan fingerprint density at radius 3 is 2.50 bits per heavy atom. The molecule has 1 N–H and O–H groups in total. The molecule has 0 saturated heterocycles. The highest BCUT2D eigenvalue weighted by Gasteiger charge is 2.15. The molecule has 0 amide bonds. The van der Waals surface area contributed by atoms with Crippen molar-refractivity contribution in [2.45, 2.75) is 41.2 Å². The minimum Gasteiger partial charge on any atom is -0.356 e. The second kappa shape index (κ2) is 6.74. The Bertz CT molecular complexity index is 386. The summed E-state index contributed by atoms with van der Waals surface area (Å²) >= 11 is 0. The van der Waals surface area contributed by atoms with Crippen LogP contribution in [0, 0.1) is 19.8 Å². The van der Waals surface area contributed by atoms with E-state index in [-0.39, 0.29) is 0 Å². The average molecular weight is 249 g/mol. The second-order valence-electron chi connectivity index (χ2n) is 5.35. The van der Waals surface area contributed by atoms with Crippen molar-refractivity contribution in [3.8, 4) is 0 Å². The van der Waals surface area contributed by atoms with Crippen molar-refractivity contribution in [3.63, 3.8) is 0 Å². The topological polar surface area (TPSA) is 28.2 Å². The van der Waals surface area contributed by atoms with Crippen molar-refractivity contribution in [1.29, 1.82) is 0 Å². The van der Waals surface area contributed by atoms with Crippen LogP contribution in [-0.4, -0.2) is 25.1 Å². The van der Waals surface area contributed by atoms with Gasteiger partial charge in [-0.1, -0.05) is 13.8 Å². The van der Waals surface area contributed by atoms with Crippen molar-refractivity contribution in [1.82, 2.24) is 10.3 Å². The maximum Gasteiger partial charge on any atom is 0.133 e. The van der Waals surface area contributed by atoms with Crippen molar-refractivity contribution in [3.05, 3.63) is 22.9 Å². The van der Waals surface area contributed by atoms with Crippen LogP contribution in [0.15, 0.2) is 6.07 Å². The molecule has 0 aliphatic carbocycles. The second-order valence-corrected chi connectivity index (χ2v) is 5.35. The molecule has 1 aromatic rings. The molecule has 0 aliphatic rings. The highest BCUT2D eigenvalue weighted by atomic mass is 15.2. The Labute approximate surface area is 112 Å². The number of hydrogen-bond acceptors (Lipinski definition) is 3. The normalized spacial score (nSPS) is 11.1. The SMILES string of the molecule is CCN(CC(C)C)c1nc(C)cc(C)c1CNC. The van der Waals surface area contributed by atoms with Gasteiger partial charge in [0, 0.05) is 30.9 Å². The van der Waals surface area contributed by atoms with Crippen LogP contribution in [-0.2, 0) is 6.54 Å². The van der Waals surface area contributed by atoms with Gasteiger partial charge in [-0.3, -0.25) is 0 Å². The zero-order chi connectivity index (χ0) is 13.7. The lowest BCUT2D eigenvalue weighted by Gasteiger charge is -2.27. The predicted molar refractivity (Wildman–Crippen MR) is 79.2 cm³/mol. The van der Waals surface area contributed by atoms with Crippen LogP contribution in [0.2, 0.25) is 0 Å². The van der Waals surface area contributed by atoms with Crippen molar-refractivity contribution < 1.29 is 0 Å². The van der Waals surface area contributed by atoms with E-state index in [1.807, 2.05) is 7.05 Å². The molecular weight excluding hydrogens is 222 g/mol. The van der Waals surface area contributed by atoms with Crippen LogP contribution in [0.1, 0.15) is 37.6 Å². The molecule has 0 aliphatic heterocycles. The van der Waals surface area contributed by atoms with E-state index in [0.29, 0.717) is 5.92 Å². The molecule has 0 radical (unpaired) electrons. The van der Waals surface area contributed by atoms with Crippen LogP contribution in [0.5, 0.6) is 0 Å². The van der Waals surface area contributed by atoms with E-state index in [2.05, 4.69) is 50.9 Å². The van der Waals surface area contributed by atoms with Gasteiger partial charge in [-0.05, 0) is 45.4 Å². The minimum absolute atomic E-state index is 0.648. The van der Waals surface area contributed by atoms with Gasteiger partial charge in [0.25, 0.3) is 0 Å². The maximum atomic E-state index is 4.76. The van der Waals surface area contributed by atoms with Crippen molar-refractivity contribution in [2.24, 2.45) is 5.92 Å². The van der Waals surface area contributed by atoms with Gasteiger partial charge in [0.05, 0.1) is 0 Å². The summed E-state index contributed by atoms with van der Waals surface area (Å²) in [7, 11) is 1.99. The number of rotatable bonds is 6. The monoisotopic (exact) mass is 249 g/mol. The number of nitrogens with one attached hydrogen (secondary N) is 1. The van der Waals surface area contributed by atoms with Crippen molar-refractivity contribution >= 4 is 5.82 Å². The lowest BCUT2D eigenvalue weighted by Crippen LogP contribution is -2.30. The molecule has 0 saturated carbocycles. The third-order valence-corrected chi connectivity index (χ3v) is 3.07. The Morgan fingerprint density at radius 1 is 1.33 bits per heavy atom. The van der Waals surface area contributed by atoms with Gasteiger partial charge in [0.15, 0.2) is 0 Å². The van der Waals surface area contributed by atoms with E-state index < -0.39 is 0 Å². The third kappa shape index (κ3) is 3.70. The first kappa shape index (κ1) is 15.0. The number of anilines is 1. The first-order chi connectivity index (χ1) is 8.49. The van der Waals surface area contributed by atoms with E-state index in [1.54, 1.807) is 0 Å². The average Bonchev–Trinajstić information content (AvgIpc) is 2.29. The number of aromatic nitrogens is 1. The fraction of sp³-hybridized carbons (Fsp3) is 0.667. The molecule has 3 heteroatoms. The molecule has 0 atom stereocenters. The lowest BCUT2D eigenvalue weighted by atomic mass is 10.1. The largest absolute Gasteiger partial charge is 0.356 e. The standard InChI is InChI=1S/C15H27N3/c1-7-18(10-11(2)3)15-14(9-16-6)12(4)8-13(5)17-15/h8,11,16H,7,9-10H2,1-6H3. The fourth-order valence-corrected chi connectivity index (χ4v) is 2.31. The quantitative estimate of drug-likeness (QED) is 0.840. The molecule has 1 aromatic heterocycles. The number of aryl methyl sites for hydroxylation is 2. The summed E-state index contributed by atoms with van der Waals surface area (Å²) in [5.41, 5.74) is 3.75. The van der Waals surface area contributed by atoms with Crippen LogP contribution >= 0.6 is 0 Å². The summed E-state index contributed by atoms with van der Waals surface area (Å²) in [5.74, 6) is 1.80. The summed E-state index contributed by atoms with van der Waals surface area (Å²) in [6.45, 7) is 13.9. The first-order valence-corrected chi connectivity index (χ1v) is 6.86. The van der Waals surface area contributed by atoms with Gasteiger partial charge < -0.3 is 10.2 Å². The maximum absolute atomic E-state index is 4.76. The van der Waals surface area contributed by atoms with Gasteiger partial charge in [-0.15, -0.1) is 0 Å². The molecule has 0 aromatic carbocycles. The highest BCUT2D eigenvalue weighted by molar-refractivity contribution is 5.51. The Morgan fingerprint density at radius 2 is 2.00 bits per heavy atom. The summed E-state index contributed by atoms with van der Waals surface area (Å²) < 4.78 is 0. The van der Waals surface area contributed by atoms with E-state index in [1.165, 1.54) is 11.1 Å². The molecule has 1 rings (SSSR count). The molecule has 0 spiro atoms. The summed E-state index contributed by atoms with van der Waals surface area (Å²) in [4.78, 5) is 7.15. The van der Waals surface area contributed by atoms with Crippen molar-refractivity contribution in [2.75, 3.05) is 25.0 Å². The van der Waals surface area contributed by atoms with E-state index >= 15 is 0 Å². The van der Waals surface area contributed by atoms with Crippen LogP contribution in [0.25, 0.3) is 0 Å². The molecule has 18 heavy (non-hydrogen) atoms. The summed E-state index contributed by atoms with van der Waals surface area (Å²) in [6, 6.07) is 2.17. The minimum atomic E-state index is 0.648. The molecule has 1 heterocycles. The van der Waals surface area contributed by atoms with Crippen LogP contribution < -0.4 is 10.2 Å². The highest BCUT2D eigenvalue weighted by Crippen LogP contribution is 2.23.